The first-order valence-corrected chi connectivity index (χ1v) is 9.04. The topological polar surface area (TPSA) is 56.5 Å². The zero-order valence-corrected chi connectivity index (χ0v) is 13.0. The average Bonchev–Trinajstić information content (AvgIpc) is 2.47. The van der Waals surface area contributed by atoms with E-state index in [9.17, 15) is 0 Å². The van der Waals surface area contributed by atoms with Crippen molar-refractivity contribution < 1.29 is 8.85 Å². The van der Waals surface area contributed by atoms with Crippen LogP contribution in [0.1, 0.15) is 12.0 Å². The molecule has 5 heteroatoms. The number of hydrogen-bond donors (Lipinski definition) is 2. The van der Waals surface area contributed by atoms with Crippen LogP contribution in [0.2, 0.25) is 6.04 Å². The lowest BCUT2D eigenvalue weighted by Crippen LogP contribution is -2.50. The third-order valence-corrected chi connectivity index (χ3v) is 6.72. The largest absolute Gasteiger partial charge is 0.397 e. The molecule has 0 spiro atoms. The second kappa shape index (κ2) is 9.22. The monoisotopic (exact) mass is 282 g/mol. The molecule has 1 aromatic carbocycles. The van der Waals surface area contributed by atoms with Crippen LogP contribution in [0.25, 0.3) is 0 Å². The Labute approximate surface area is 117 Å². The summed E-state index contributed by atoms with van der Waals surface area (Å²) in [5.74, 6) is 0. The van der Waals surface area contributed by atoms with Gasteiger partial charge in [0.05, 0.1) is 0 Å². The molecule has 0 radical (unpaired) electrons. The van der Waals surface area contributed by atoms with Gasteiger partial charge in [-0.25, -0.2) is 0 Å². The molecule has 0 aliphatic heterocycles. The first kappa shape index (κ1) is 16.3. The number of aryl methyl sites for hydroxylation is 1. The normalized spacial score (nSPS) is 11.7. The van der Waals surface area contributed by atoms with Crippen molar-refractivity contribution in [2.24, 2.45) is 5.73 Å². The van der Waals surface area contributed by atoms with Crippen molar-refractivity contribution in [1.29, 1.82) is 0 Å². The Bertz CT molecular complexity index is 331. The molecule has 0 bridgehead atoms. The van der Waals surface area contributed by atoms with E-state index in [1.165, 1.54) is 5.56 Å². The van der Waals surface area contributed by atoms with Crippen LogP contribution in [-0.2, 0) is 15.3 Å². The Kier molecular flexibility index (Phi) is 7.93. The fourth-order valence-electron chi connectivity index (χ4n) is 2.11. The molecular formula is C14H26N2O2Si. The van der Waals surface area contributed by atoms with Crippen molar-refractivity contribution >= 4 is 8.56 Å². The zero-order valence-electron chi connectivity index (χ0n) is 12.0. The lowest BCUT2D eigenvalue weighted by molar-refractivity contribution is 0.238. The Morgan fingerprint density at radius 2 is 1.84 bits per heavy atom. The van der Waals surface area contributed by atoms with Crippen molar-refractivity contribution in [3.8, 4) is 0 Å². The molecule has 0 fully saturated rings. The van der Waals surface area contributed by atoms with Crippen molar-refractivity contribution in [1.82, 2.24) is 5.32 Å². The molecular weight excluding hydrogens is 256 g/mol. The van der Waals surface area contributed by atoms with Gasteiger partial charge in [-0.15, -0.1) is 0 Å². The van der Waals surface area contributed by atoms with Crippen molar-refractivity contribution in [3.63, 3.8) is 0 Å². The maximum absolute atomic E-state index is 5.68. The van der Waals surface area contributed by atoms with Crippen LogP contribution in [-0.4, -0.2) is 42.0 Å². The number of nitrogens with one attached hydrogen (secondary N) is 1. The predicted molar refractivity (Wildman–Crippen MR) is 81.3 cm³/mol. The first-order chi connectivity index (χ1) is 9.26. The summed E-state index contributed by atoms with van der Waals surface area (Å²) in [5.41, 5.74) is 6.86. The minimum atomic E-state index is -2.10. The van der Waals surface area contributed by atoms with E-state index in [0.29, 0.717) is 6.54 Å². The summed E-state index contributed by atoms with van der Waals surface area (Å²) in [5, 5.41) is 3.31. The third kappa shape index (κ3) is 5.84. The maximum Gasteiger partial charge on any atom is 0.351 e. The Balaban J connectivity index is 2.40. The molecule has 3 N–H and O–H groups in total. The van der Waals surface area contributed by atoms with Gasteiger partial charge in [0.15, 0.2) is 0 Å². The summed E-state index contributed by atoms with van der Waals surface area (Å²) in [4.78, 5) is 0. The summed E-state index contributed by atoms with van der Waals surface area (Å²) in [6, 6.07) is 11.5. The molecule has 0 amide bonds. The van der Waals surface area contributed by atoms with E-state index in [-0.39, 0.29) is 0 Å². The summed E-state index contributed by atoms with van der Waals surface area (Å²) in [6.45, 7) is 1.45. The Hall–Kier alpha value is -0.723. The van der Waals surface area contributed by atoms with E-state index in [1.807, 2.05) is 6.07 Å². The van der Waals surface area contributed by atoms with Crippen LogP contribution < -0.4 is 11.1 Å². The van der Waals surface area contributed by atoms with Crippen LogP contribution >= 0.6 is 0 Å². The fraction of sp³-hybridized carbons (Fsp3) is 0.571. The standard InChI is InChI=1S/C14H26N2O2Si/c1-17-19(18-2,13-16-11-10-15)12-6-9-14-7-4-3-5-8-14/h3-5,7-8,16H,6,9-13,15H2,1-2H3. The van der Waals surface area contributed by atoms with Gasteiger partial charge in [-0.05, 0) is 24.4 Å². The Morgan fingerprint density at radius 1 is 1.16 bits per heavy atom. The highest BCUT2D eigenvalue weighted by atomic mass is 28.4. The summed E-state index contributed by atoms with van der Waals surface area (Å²) >= 11 is 0. The molecule has 4 nitrogen and oxygen atoms in total. The van der Waals surface area contributed by atoms with Crippen molar-refractivity contribution in [2.45, 2.75) is 18.9 Å². The van der Waals surface area contributed by atoms with Crippen molar-refractivity contribution in [2.75, 3.05) is 33.5 Å². The van der Waals surface area contributed by atoms with Gasteiger partial charge in [0.1, 0.15) is 0 Å². The molecule has 0 atom stereocenters. The van der Waals surface area contributed by atoms with E-state index in [4.69, 9.17) is 14.6 Å². The smallest absolute Gasteiger partial charge is 0.351 e. The SMILES string of the molecule is CO[Si](CCCc1ccccc1)(CNCCN)OC. The Morgan fingerprint density at radius 3 is 2.42 bits per heavy atom. The molecule has 0 unspecified atom stereocenters. The average molecular weight is 282 g/mol. The van der Waals surface area contributed by atoms with Gasteiger partial charge < -0.3 is 19.9 Å². The van der Waals surface area contributed by atoms with Gasteiger partial charge in [0.25, 0.3) is 0 Å². The van der Waals surface area contributed by atoms with Crippen LogP contribution in [0.15, 0.2) is 30.3 Å². The summed E-state index contributed by atoms with van der Waals surface area (Å²) in [6.07, 6.45) is 2.95. The maximum atomic E-state index is 5.68. The van der Waals surface area contributed by atoms with Gasteiger partial charge in [-0.3, -0.25) is 0 Å². The van der Waals surface area contributed by atoms with Crippen molar-refractivity contribution in [3.05, 3.63) is 35.9 Å². The summed E-state index contributed by atoms with van der Waals surface area (Å²) in [7, 11) is 1.40. The van der Waals surface area contributed by atoms with E-state index in [2.05, 4.69) is 29.6 Å². The lowest BCUT2D eigenvalue weighted by Gasteiger charge is -2.27. The van der Waals surface area contributed by atoms with E-state index < -0.39 is 8.56 Å². The first-order valence-electron chi connectivity index (χ1n) is 6.81. The molecule has 0 heterocycles. The highest BCUT2D eigenvalue weighted by Crippen LogP contribution is 2.16. The number of hydrogen-bond acceptors (Lipinski definition) is 4. The van der Waals surface area contributed by atoms with Gasteiger partial charge in [0.2, 0.25) is 0 Å². The number of rotatable bonds is 10. The molecule has 108 valence electrons. The minimum Gasteiger partial charge on any atom is -0.397 e. The van der Waals surface area contributed by atoms with Gasteiger partial charge in [-0.1, -0.05) is 30.3 Å². The van der Waals surface area contributed by atoms with Gasteiger partial charge in [0, 0.05) is 33.5 Å². The third-order valence-electron chi connectivity index (χ3n) is 3.33. The quantitative estimate of drug-likeness (QED) is 0.504. The second-order valence-electron chi connectivity index (χ2n) is 4.62. The summed E-state index contributed by atoms with van der Waals surface area (Å²) < 4.78 is 11.4. The lowest BCUT2D eigenvalue weighted by atomic mass is 10.1. The number of benzene rings is 1. The molecule has 0 saturated carbocycles. The minimum absolute atomic E-state index is 0.641. The van der Waals surface area contributed by atoms with Crippen LogP contribution in [0.3, 0.4) is 0 Å². The van der Waals surface area contributed by atoms with Crippen LogP contribution in [0.5, 0.6) is 0 Å². The van der Waals surface area contributed by atoms with E-state index in [0.717, 1.165) is 31.6 Å². The fourth-order valence-corrected chi connectivity index (χ4v) is 4.42. The molecule has 0 aromatic heterocycles. The zero-order chi connectivity index (χ0) is 14.0. The van der Waals surface area contributed by atoms with Gasteiger partial charge >= 0.3 is 8.56 Å². The van der Waals surface area contributed by atoms with Crippen LogP contribution in [0, 0.1) is 0 Å². The highest BCUT2D eigenvalue weighted by molar-refractivity contribution is 6.67. The van der Waals surface area contributed by atoms with Gasteiger partial charge in [-0.2, -0.15) is 0 Å². The van der Waals surface area contributed by atoms with Crippen LogP contribution in [0.4, 0.5) is 0 Å². The van der Waals surface area contributed by atoms with E-state index in [1.54, 1.807) is 14.2 Å². The molecule has 19 heavy (non-hydrogen) atoms. The predicted octanol–water partition coefficient (Wildman–Crippen LogP) is 1.44. The highest BCUT2D eigenvalue weighted by Gasteiger charge is 2.34. The molecule has 0 saturated heterocycles. The second-order valence-corrected chi connectivity index (χ2v) is 8.11. The molecule has 0 aliphatic carbocycles. The molecule has 1 rings (SSSR count). The molecule has 0 aliphatic rings. The van der Waals surface area contributed by atoms with E-state index >= 15 is 0 Å². The molecule has 1 aromatic rings. The number of nitrogens with two attached hydrogens (primary N) is 1.